The Hall–Kier alpha value is -3.23. The second-order valence-electron chi connectivity index (χ2n) is 7.74. The number of rotatable bonds is 3. The van der Waals surface area contributed by atoms with Crippen LogP contribution in [0.5, 0.6) is 0 Å². The van der Waals surface area contributed by atoms with Crippen LogP contribution in [-0.4, -0.2) is 59.3 Å². The molecule has 2 fully saturated rings. The molecule has 0 aromatic heterocycles. The molecule has 0 bridgehead atoms. The molecule has 0 aliphatic carbocycles. The minimum atomic E-state index is -0.726. The topological polar surface area (TPSA) is 104 Å². The average Bonchev–Trinajstić information content (AvgIpc) is 2.68. The SMILES string of the molecule is C[C@H]1CCN(c2ccc([N+](=O)[O-])cc2C=C2C(=O)N(C)C(=O)N(C)C2=O)[C@@H](C)C1. The van der Waals surface area contributed by atoms with Crippen molar-refractivity contribution in [2.75, 3.05) is 25.5 Å². The van der Waals surface area contributed by atoms with Crippen LogP contribution in [0, 0.1) is 16.0 Å². The molecule has 0 saturated carbocycles. The number of non-ortho nitro benzene ring substituents is 1. The van der Waals surface area contributed by atoms with Crippen molar-refractivity contribution in [1.29, 1.82) is 0 Å². The molecule has 9 heteroatoms. The molecule has 0 unspecified atom stereocenters. The molecule has 3 rings (SSSR count). The fourth-order valence-corrected chi connectivity index (χ4v) is 3.93. The lowest BCUT2D eigenvalue weighted by atomic mass is 9.92. The second-order valence-corrected chi connectivity index (χ2v) is 7.74. The maximum Gasteiger partial charge on any atom is 0.333 e. The number of anilines is 1. The van der Waals surface area contributed by atoms with Gasteiger partial charge in [0.25, 0.3) is 17.5 Å². The minimum Gasteiger partial charge on any atom is -0.368 e. The van der Waals surface area contributed by atoms with Gasteiger partial charge in [0.15, 0.2) is 0 Å². The average molecular weight is 400 g/mol. The molecular formula is C20H24N4O5. The van der Waals surface area contributed by atoms with Gasteiger partial charge in [-0.2, -0.15) is 0 Å². The van der Waals surface area contributed by atoms with Gasteiger partial charge in [0.2, 0.25) is 0 Å². The minimum absolute atomic E-state index is 0.132. The predicted molar refractivity (Wildman–Crippen MR) is 107 cm³/mol. The lowest BCUT2D eigenvalue weighted by Crippen LogP contribution is -2.52. The van der Waals surface area contributed by atoms with E-state index in [4.69, 9.17) is 0 Å². The number of carbonyl (C=O) groups excluding carboxylic acids is 3. The first-order chi connectivity index (χ1) is 13.6. The van der Waals surface area contributed by atoms with E-state index < -0.39 is 22.8 Å². The van der Waals surface area contributed by atoms with Crippen molar-refractivity contribution in [3.63, 3.8) is 0 Å². The van der Waals surface area contributed by atoms with E-state index in [9.17, 15) is 24.5 Å². The summed E-state index contributed by atoms with van der Waals surface area (Å²) >= 11 is 0. The number of likely N-dealkylation sites (N-methyl/N-ethyl adjacent to an activating group) is 2. The van der Waals surface area contributed by atoms with Gasteiger partial charge in [-0.15, -0.1) is 0 Å². The quantitative estimate of drug-likeness (QED) is 0.334. The van der Waals surface area contributed by atoms with Crippen molar-refractivity contribution in [2.24, 2.45) is 5.92 Å². The van der Waals surface area contributed by atoms with Crippen LogP contribution >= 0.6 is 0 Å². The molecule has 2 aliphatic heterocycles. The third kappa shape index (κ3) is 3.72. The van der Waals surface area contributed by atoms with E-state index in [0.717, 1.165) is 34.9 Å². The number of amides is 4. The van der Waals surface area contributed by atoms with Crippen LogP contribution in [0.2, 0.25) is 0 Å². The zero-order chi connectivity index (χ0) is 21.5. The van der Waals surface area contributed by atoms with E-state index in [0.29, 0.717) is 11.5 Å². The zero-order valence-electron chi connectivity index (χ0n) is 16.9. The van der Waals surface area contributed by atoms with Crippen LogP contribution in [-0.2, 0) is 9.59 Å². The number of carbonyl (C=O) groups is 3. The highest BCUT2D eigenvalue weighted by Crippen LogP contribution is 2.34. The van der Waals surface area contributed by atoms with Crippen LogP contribution < -0.4 is 4.90 Å². The highest BCUT2D eigenvalue weighted by molar-refractivity contribution is 6.30. The number of nitro benzene ring substituents is 1. The standard InChI is InChI=1S/C20H24N4O5/c1-12-7-8-23(13(2)9-12)17-6-5-15(24(28)29)10-14(17)11-16-18(25)21(3)20(27)22(4)19(16)26/h5-6,10-13H,7-9H2,1-4H3/t12-,13-/m0/s1. The molecule has 9 nitrogen and oxygen atoms in total. The molecule has 2 atom stereocenters. The molecule has 2 saturated heterocycles. The molecule has 2 heterocycles. The Morgan fingerprint density at radius 2 is 1.72 bits per heavy atom. The van der Waals surface area contributed by atoms with E-state index >= 15 is 0 Å². The Morgan fingerprint density at radius 3 is 2.28 bits per heavy atom. The van der Waals surface area contributed by atoms with Crippen molar-refractivity contribution in [1.82, 2.24) is 9.80 Å². The first kappa shape index (κ1) is 20.5. The first-order valence-electron chi connectivity index (χ1n) is 9.48. The summed E-state index contributed by atoms with van der Waals surface area (Å²) in [6, 6.07) is 3.95. The fourth-order valence-electron chi connectivity index (χ4n) is 3.93. The van der Waals surface area contributed by atoms with E-state index in [1.54, 1.807) is 6.07 Å². The Bertz CT molecular complexity index is 899. The van der Waals surface area contributed by atoms with E-state index in [1.165, 1.54) is 32.3 Å². The van der Waals surface area contributed by atoms with Crippen LogP contribution in [0.25, 0.3) is 6.08 Å². The highest BCUT2D eigenvalue weighted by atomic mass is 16.6. The van der Waals surface area contributed by atoms with Crippen LogP contribution in [0.15, 0.2) is 23.8 Å². The van der Waals surface area contributed by atoms with Gasteiger partial charge in [0.05, 0.1) is 4.92 Å². The summed E-state index contributed by atoms with van der Waals surface area (Å²) in [5.41, 5.74) is 0.806. The van der Waals surface area contributed by atoms with E-state index in [2.05, 4.69) is 18.7 Å². The number of benzene rings is 1. The van der Waals surface area contributed by atoms with Crippen LogP contribution in [0.1, 0.15) is 32.3 Å². The molecule has 0 radical (unpaired) electrons. The summed E-state index contributed by atoms with van der Waals surface area (Å²) in [6.07, 6.45) is 3.32. The molecule has 29 heavy (non-hydrogen) atoms. The Balaban J connectivity index is 2.11. The number of urea groups is 1. The summed E-state index contributed by atoms with van der Waals surface area (Å²) in [4.78, 5) is 51.7. The maximum atomic E-state index is 12.6. The van der Waals surface area contributed by atoms with Crippen molar-refractivity contribution in [3.05, 3.63) is 39.4 Å². The van der Waals surface area contributed by atoms with E-state index in [1.807, 2.05) is 0 Å². The van der Waals surface area contributed by atoms with Gasteiger partial charge < -0.3 is 4.90 Å². The Morgan fingerprint density at radius 1 is 1.10 bits per heavy atom. The number of hydrogen-bond donors (Lipinski definition) is 0. The van der Waals surface area contributed by atoms with Crippen molar-refractivity contribution >= 4 is 35.3 Å². The van der Waals surface area contributed by atoms with Gasteiger partial charge in [-0.05, 0) is 37.8 Å². The Labute approximate surface area is 168 Å². The molecule has 4 amide bonds. The molecule has 154 valence electrons. The van der Waals surface area contributed by atoms with Crippen LogP contribution in [0.3, 0.4) is 0 Å². The molecule has 1 aromatic carbocycles. The summed E-state index contributed by atoms with van der Waals surface area (Å²) in [5.74, 6) is -0.873. The van der Waals surface area contributed by atoms with Crippen molar-refractivity contribution in [3.8, 4) is 0 Å². The predicted octanol–water partition coefficient (Wildman–Crippen LogP) is 2.65. The largest absolute Gasteiger partial charge is 0.368 e. The number of hydrogen-bond acceptors (Lipinski definition) is 6. The lowest BCUT2D eigenvalue weighted by Gasteiger charge is -2.39. The van der Waals surface area contributed by atoms with Gasteiger partial charge in [0, 0.05) is 50.1 Å². The monoisotopic (exact) mass is 400 g/mol. The molecular weight excluding hydrogens is 376 g/mol. The molecule has 0 spiro atoms. The fraction of sp³-hybridized carbons (Fsp3) is 0.450. The summed E-state index contributed by atoms with van der Waals surface area (Å²) in [6.45, 7) is 5.05. The highest BCUT2D eigenvalue weighted by Gasteiger charge is 2.38. The zero-order valence-corrected chi connectivity index (χ0v) is 16.9. The van der Waals surface area contributed by atoms with E-state index in [-0.39, 0.29) is 17.3 Å². The summed E-state index contributed by atoms with van der Waals surface area (Å²) < 4.78 is 0. The number of barbiturate groups is 1. The summed E-state index contributed by atoms with van der Waals surface area (Å²) in [5, 5.41) is 11.3. The smallest absolute Gasteiger partial charge is 0.333 e. The number of piperidine rings is 1. The normalized spacial score (nSPS) is 23.0. The third-order valence-corrected chi connectivity index (χ3v) is 5.61. The third-order valence-electron chi connectivity index (χ3n) is 5.61. The second kappa shape index (κ2) is 7.65. The van der Waals surface area contributed by atoms with Crippen LogP contribution in [0.4, 0.5) is 16.2 Å². The van der Waals surface area contributed by atoms with Gasteiger partial charge >= 0.3 is 6.03 Å². The number of imide groups is 2. The van der Waals surface area contributed by atoms with Crippen molar-refractivity contribution in [2.45, 2.75) is 32.7 Å². The number of nitrogens with zero attached hydrogens (tertiary/aromatic N) is 4. The Kier molecular flexibility index (Phi) is 5.41. The van der Waals surface area contributed by atoms with Crippen molar-refractivity contribution < 1.29 is 19.3 Å². The maximum absolute atomic E-state index is 12.6. The molecule has 1 aromatic rings. The summed E-state index contributed by atoms with van der Waals surface area (Å²) in [7, 11) is 2.59. The lowest BCUT2D eigenvalue weighted by molar-refractivity contribution is -0.384. The van der Waals surface area contributed by atoms with Gasteiger partial charge in [-0.3, -0.25) is 29.5 Å². The first-order valence-corrected chi connectivity index (χ1v) is 9.48. The molecule has 0 N–H and O–H groups in total. The molecule has 2 aliphatic rings. The number of nitro groups is 1. The van der Waals surface area contributed by atoms with Gasteiger partial charge in [0.1, 0.15) is 5.57 Å². The van der Waals surface area contributed by atoms with Gasteiger partial charge in [-0.25, -0.2) is 4.79 Å². The van der Waals surface area contributed by atoms with Gasteiger partial charge in [-0.1, -0.05) is 6.92 Å².